The highest BCUT2D eigenvalue weighted by atomic mass is 16.6. The Bertz CT molecular complexity index is 269. The van der Waals surface area contributed by atoms with Gasteiger partial charge in [-0.25, -0.2) is 0 Å². The summed E-state index contributed by atoms with van der Waals surface area (Å²) in [5.41, 5.74) is 0. The first-order valence-corrected chi connectivity index (χ1v) is 7.52. The van der Waals surface area contributed by atoms with E-state index < -0.39 is 31.0 Å². The molecule has 0 aliphatic carbocycles. The lowest BCUT2D eigenvalue weighted by atomic mass is 10.1. The Morgan fingerprint density at radius 2 is 2.05 bits per heavy atom. The van der Waals surface area contributed by atoms with E-state index in [1.54, 1.807) is 0 Å². The summed E-state index contributed by atoms with van der Waals surface area (Å²) in [6.07, 6.45) is 6.78. The molecule has 1 heterocycles. The van der Waals surface area contributed by atoms with Gasteiger partial charge >= 0.3 is 0 Å². The van der Waals surface area contributed by atoms with E-state index >= 15 is 0 Å². The van der Waals surface area contributed by atoms with E-state index in [0.717, 1.165) is 19.3 Å². The van der Waals surface area contributed by atoms with Crippen LogP contribution < -0.4 is 0 Å². The van der Waals surface area contributed by atoms with Crippen LogP contribution >= 0.6 is 0 Å². The van der Waals surface area contributed by atoms with Gasteiger partial charge in [-0.15, -0.1) is 0 Å². The van der Waals surface area contributed by atoms with Crippen molar-refractivity contribution in [2.24, 2.45) is 0 Å². The fourth-order valence-electron chi connectivity index (χ4n) is 2.32. The van der Waals surface area contributed by atoms with E-state index in [1.807, 2.05) is 6.92 Å². The Morgan fingerprint density at radius 3 is 2.75 bits per heavy atom. The monoisotopic (exact) mass is 288 g/mol. The van der Waals surface area contributed by atoms with Crippen LogP contribution in [0.15, 0.2) is 12.2 Å². The normalized spacial score (nSPS) is 28.3. The second kappa shape index (κ2) is 10.3. The van der Waals surface area contributed by atoms with Gasteiger partial charge in [0.2, 0.25) is 0 Å². The summed E-state index contributed by atoms with van der Waals surface area (Å²) >= 11 is 0. The fraction of sp³-hybridized carbons (Fsp3) is 0.867. The SMILES string of the molecule is C/C=C/CCCCCCO[C@@H]1CO[C@H]([C@@H](O)CO)[C@@H]1O. The molecule has 1 aliphatic rings. The standard InChI is InChI=1S/C15H28O5/c1-2-3-4-5-6-7-8-9-19-13-11-20-15(14(13)18)12(17)10-16/h2-3,12-18H,4-11H2,1H3/b3-2+/t12-,13+,14+,15+/m0/s1. The molecule has 0 aromatic carbocycles. The molecule has 0 spiro atoms. The molecule has 1 aliphatic heterocycles. The number of hydrogen-bond acceptors (Lipinski definition) is 5. The van der Waals surface area contributed by atoms with Crippen LogP contribution in [-0.2, 0) is 9.47 Å². The van der Waals surface area contributed by atoms with Gasteiger partial charge in [0.25, 0.3) is 0 Å². The first-order chi connectivity index (χ1) is 9.70. The van der Waals surface area contributed by atoms with Gasteiger partial charge in [-0.3, -0.25) is 0 Å². The summed E-state index contributed by atoms with van der Waals surface area (Å²) in [7, 11) is 0. The Labute approximate surface area is 121 Å². The Hall–Kier alpha value is -0.460. The molecule has 3 N–H and O–H groups in total. The maximum absolute atomic E-state index is 9.92. The van der Waals surface area contributed by atoms with Gasteiger partial charge in [-0.05, 0) is 26.2 Å². The first kappa shape index (κ1) is 17.6. The first-order valence-electron chi connectivity index (χ1n) is 7.52. The van der Waals surface area contributed by atoms with Crippen LogP contribution in [-0.4, -0.2) is 59.6 Å². The predicted octanol–water partition coefficient (Wildman–Crippen LogP) is 1.01. The van der Waals surface area contributed by atoms with Gasteiger partial charge in [0.1, 0.15) is 24.4 Å². The summed E-state index contributed by atoms with van der Waals surface area (Å²) in [5, 5.41) is 28.2. The zero-order valence-corrected chi connectivity index (χ0v) is 12.3. The maximum Gasteiger partial charge on any atom is 0.114 e. The van der Waals surface area contributed by atoms with Gasteiger partial charge in [0.15, 0.2) is 0 Å². The number of unbranched alkanes of at least 4 members (excludes halogenated alkanes) is 4. The smallest absolute Gasteiger partial charge is 0.114 e. The van der Waals surface area contributed by atoms with E-state index in [9.17, 15) is 10.2 Å². The zero-order chi connectivity index (χ0) is 14.8. The van der Waals surface area contributed by atoms with Crippen LogP contribution in [0.25, 0.3) is 0 Å². The maximum atomic E-state index is 9.92. The molecular weight excluding hydrogens is 260 g/mol. The lowest BCUT2D eigenvalue weighted by Gasteiger charge is -2.20. The summed E-state index contributed by atoms with van der Waals surface area (Å²) < 4.78 is 10.8. The molecule has 4 atom stereocenters. The lowest BCUT2D eigenvalue weighted by Crippen LogP contribution is -2.41. The van der Waals surface area contributed by atoms with Crippen molar-refractivity contribution < 1.29 is 24.8 Å². The number of hydrogen-bond donors (Lipinski definition) is 3. The van der Waals surface area contributed by atoms with Crippen molar-refractivity contribution in [3.8, 4) is 0 Å². The number of aliphatic hydroxyl groups excluding tert-OH is 3. The van der Waals surface area contributed by atoms with Gasteiger partial charge < -0.3 is 24.8 Å². The van der Waals surface area contributed by atoms with Crippen LogP contribution in [0.2, 0.25) is 0 Å². The average Bonchev–Trinajstić information content (AvgIpc) is 2.82. The third-order valence-corrected chi connectivity index (χ3v) is 3.57. The quantitative estimate of drug-likeness (QED) is 0.413. The van der Waals surface area contributed by atoms with Gasteiger partial charge in [0.05, 0.1) is 13.2 Å². The van der Waals surface area contributed by atoms with Crippen LogP contribution in [0.4, 0.5) is 0 Å². The number of rotatable bonds is 10. The molecule has 1 fully saturated rings. The van der Waals surface area contributed by atoms with Crippen molar-refractivity contribution in [2.45, 2.75) is 63.4 Å². The molecule has 0 unspecified atom stereocenters. The molecule has 20 heavy (non-hydrogen) atoms. The van der Waals surface area contributed by atoms with E-state index in [2.05, 4.69) is 12.2 Å². The fourth-order valence-corrected chi connectivity index (χ4v) is 2.32. The molecule has 5 nitrogen and oxygen atoms in total. The molecule has 5 heteroatoms. The van der Waals surface area contributed by atoms with Crippen molar-refractivity contribution in [3.05, 3.63) is 12.2 Å². The van der Waals surface area contributed by atoms with Crippen molar-refractivity contribution >= 4 is 0 Å². The van der Waals surface area contributed by atoms with Gasteiger partial charge in [-0.1, -0.05) is 25.0 Å². The lowest BCUT2D eigenvalue weighted by molar-refractivity contribution is -0.0730. The Morgan fingerprint density at radius 1 is 1.30 bits per heavy atom. The number of ether oxygens (including phenoxy) is 2. The van der Waals surface area contributed by atoms with Crippen molar-refractivity contribution in [1.29, 1.82) is 0 Å². The molecule has 1 rings (SSSR count). The predicted molar refractivity (Wildman–Crippen MR) is 76.5 cm³/mol. The highest BCUT2D eigenvalue weighted by Gasteiger charge is 2.40. The van der Waals surface area contributed by atoms with Gasteiger partial charge in [-0.2, -0.15) is 0 Å². The zero-order valence-electron chi connectivity index (χ0n) is 12.3. The average molecular weight is 288 g/mol. The highest BCUT2D eigenvalue weighted by molar-refractivity contribution is 4.88. The minimum Gasteiger partial charge on any atom is -0.394 e. The molecule has 0 amide bonds. The van der Waals surface area contributed by atoms with E-state index in [1.165, 1.54) is 12.8 Å². The third kappa shape index (κ3) is 5.89. The largest absolute Gasteiger partial charge is 0.394 e. The van der Waals surface area contributed by atoms with Crippen molar-refractivity contribution in [1.82, 2.24) is 0 Å². The Kier molecular flexibility index (Phi) is 9.05. The van der Waals surface area contributed by atoms with Crippen LogP contribution in [0.1, 0.15) is 39.0 Å². The van der Waals surface area contributed by atoms with E-state index in [0.29, 0.717) is 6.61 Å². The summed E-state index contributed by atoms with van der Waals surface area (Å²) in [5.74, 6) is 0. The molecule has 0 saturated carbocycles. The van der Waals surface area contributed by atoms with Crippen LogP contribution in [0.3, 0.4) is 0 Å². The minimum atomic E-state index is -1.05. The second-order valence-electron chi connectivity index (χ2n) is 5.22. The summed E-state index contributed by atoms with van der Waals surface area (Å²) in [6.45, 7) is 2.48. The molecule has 0 aromatic rings. The number of aliphatic hydroxyl groups is 3. The second-order valence-corrected chi connectivity index (χ2v) is 5.22. The molecule has 1 saturated heterocycles. The van der Waals surface area contributed by atoms with Gasteiger partial charge in [0, 0.05) is 6.61 Å². The van der Waals surface area contributed by atoms with Crippen molar-refractivity contribution in [3.63, 3.8) is 0 Å². The summed E-state index contributed by atoms with van der Waals surface area (Å²) in [4.78, 5) is 0. The van der Waals surface area contributed by atoms with Crippen LogP contribution in [0.5, 0.6) is 0 Å². The summed E-state index contributed by atoms with van der Waals surface area (Å²) in [6, 6.07) is 0. The third-order valence-electron chi connectivity index (χ3n) is 3.57. The highest BCUT2D eigenvalue weighted by Crippen LogP contribution is 2.20. The molecule has 0 aromatic heterocycles. The number of allylic oxidation sites excluding steroid dienone is 2. The van der Waals surface area contributed by atoms with E-state index in [4.69, 9.17) is 14.6 Å². The molecular formula is C15H28O5. The van der Waals surface area contributed by atoms with Crippen LogP contribution in [0, 0.1) is 0 Å². The Balaban J connectivity index is 2.05. The molecule has 0 bridgehead atoms. The topological polar surface area (TPSA) is 79.2 Å². The molecule has 118 valence electrons. The van der Waals surface area contributed by atoms with Crippen molar-refractivity contribution in [2.75, 3.05) is 19.8 Å². The minimum absolute atomic E-state index is 0.268. The van der Waals surface area contributed by atoms with E-state index in [-0.39, 0.29) is 6.61 Å². The molecule has 0 radical (unpaired) electrons.